The molecule has 0 unspecified atom stereocenters. The van der Waals surface area contributed by atoms with Crippen molar-refractivity contribution >= 4 is 24.4 Å². The topological polar surface area (TPSA) is 29.4 Å². The van der Waals surface area contributed by atoms with Crippen LogP contribution in [-0.4, -0.2) is 6.08 Å². The molecule has 1 aromatic rings. The van der Waals surface area contributed by atoms with Gasteiger partial charge in [0, 0.05) is 4.90 Å². The van der Waals surface area contributed by atoms with Crippen LogP contribution in [0, 0.1) is 0 Å². The van der Waals surface area contributed by atoms with E-state index in [1.165, 1.54) is 6.08 Å². The van der Waals surface area contributed by atoms with E-state index in [0.29, 0.717) is 10.6 Å². The molecule has 0 spiro atoms. The fourth-order valence-electron chi connectivity index (χ4n) is 0.608. The van der Waals surface area contributed by atoms with Crippen LogP contribution in [0.25, 0.3) is 0 Å². The smallest absolute Gasteiger partial charge is 0.211 e. The summed E-state index contributed by atoms with van der Waals surface area (Å²) >= 11 is 4.06. The normalized spacial score (nSPS) is 8.50. The minimum Gasteiger partial charge on any atom is -0.211 e. The van der Waals surface area contributed by atoms with Gasteiger partial charge in [0.05, 0.1) is 5.69 Å². The van der Waals surface area contributed by atoms with E-state index in [-0.39, 0.29) is 0 Å². The van der Waals surface area contributed by atoms with E-state index in [1.54, 1.807) is 18.2 Å². The molecule has 0 aliphatic carbocycles. The molecule has 0 fully saturated rings. The Labute approximate surface area is 64.0 Å². The molecule has 0 N–H and O–H groups in total. The average Bonchev–Trinajstić information content (AvgIpc) is 1.94. The summed E-state index contributed by atoms with van der Waals surface area (Å²) in [6.45, 7) is 0. The largest absolute Gasteiger partial charge is 0.240 e. The molecule has 2 nitrogen and oxygen atoms in total. The Morgan fingerprint density at radius 2 is 2.10 bits per heavy atom. The third kappa shape index (κ3) is 1.47. The van der Waals surface area contributed by atoms with Gasteiger partial charge >= 0.3 is 0 Å². The first-order valence-corrected chi connectivity index (χ1v) is 3.15. The van der Waals surface area contributed by atoms with Crippen molar-refractivity contribution in [2.45, 2.75) is 4.90 Å². The van der Waals surface area contributed by atoms with Gasteiger partial charge in [-0.3, -0.25) is 0 Å². The molecule has 0 saturated carbocycles. The van der Waals surface area contributed by atoms with E-state index in [0.717, 1.165) is 0 Å². The van der Waals surface area contributed by atoms with Crippen molar-refractivity contribution in [3.63, 3.8) is 0 Å². The van der Waals surface area contributed by atoms with Gasteiger partial charge in [0.2, 0.25) is 6.08 Å². The molecule has 1 aromatic carbocycles. The van der Waals surface area contributed by atoms with Crippen LogP contribution in [0.15, 0.2) is 34.2 Å². The molecule has 3 heteroatoms. The fourth-order valence-corrected chi connectivity index (χ4v) is 0.818. The van der Waals surface area contributed by atoms with E-state index in [1.807, 2.05) is 6.07 Å². The first kappa shape index (κ1) is 7.06. The molecule has 0 aromatic heterocycles. The Morgan fingerprint density at radius 1 is 1.40 bits per heavy atom. The molecular formula is C7H5NOS. The van der Waals surface area contributed by atoms with E-state index in [4.69, 9.17) is 0 Å². The van der Waals surface area contributed by atoms with E-state index in [9.17, 15) is 4.79 Å². The summed E-state index contributed by atoms with van der Waals surface area (Å²) in [5.74, 6) is 0. The van der Waals surface area contributed by atoms with Gasteiger partial charge in [-0.15, -0.1) is 12.6 Å². The van der Waals surface area contributed by atoms with Gasteiger partial charge in [0.25, 0.3) is 0 Å². The molecule has 0 saturated heterocycles. The number of hydrogen-bond donors (Lipinski definition) is 1. The van der Waals surface area contributed by atoms with Crippen LogP contribution in [0.2, 0.25) is 0 Å². The molecule has 0 atom stereocenters. The van der Waals surface area contributed by atoms with E-state index in [2.05, 4.69) is 17.6 Å². The van der Waals surface area contributed by atoms with Crippen molar-refractivity contribution in [1.82, 2.24) is 0 Å². The number of isocyanates is 1. The Balaban J connectivity index is 3.14. The number of aliphatic imine (C=N–C) groups is 1. The standard InChI is InChI=1S/C7H5NOS/c9-5-8-6-3-1-2-4-7(6)10/h1-4,10H. The maximum Gasteiger partial charge on any atom is 0.240 e. The summed E-state index contributed by atoms with van der Waals surface area (Å²) in [6, 6.07) is 7.08. The number of benzene rings is 1. The first-order chi connectivity index (χ1) is 4.84. The summed E-state index contributed by atoms with van der Waals surface area (Å²) < 4.78 is 0. The van der Waals surface area contributed by atoms with Crippen LogP contribution < -0.4 is 0 Å². The number of rotatable bonds is 1. The molecule has 50 valence electrons. The Kier molecular flexibility index (Phi) is 2.26. The van der Waals surface area contributed by atoms with Crippen molar-refractivity contribution in [1.29, 1.82) is 0 Å². The third-order valence-electron chi connectivity index (χ3n) is 1.05. The predicted molar refractivity (Wildman–Crippen MR) is 41.5 cm³/mol. The molecule has 0 aliphatic heterocycles. The number of para-hydroxylation sites is 1. The summed E-state index contributed by atoms with van der Waals surface area (Å²) in [7, 11) is 0. The molecule has 0 aliphatic rings. The van der Waals surface area contributed by atoms with E-state index < -0.39 is 0 Å². The van der Waals surface area contributed by atoms with Gasteiger partial charge in [-0.25, -0.2) is 4.79 Å². The van der Waals surface area contributed by atoms with Crippen molar-refractivity contribution in [3.8, 4) is 0 Å². The Bertz CT molecular complexity index is 279. The lowest BCUT2D eigenvalue weighted by Gasteiger charge is -1.91. The number of hydrogen-bond acceptors (Lipinski definition) is 3. The lowest BCUT2D eigenvalue weighted by molar-refractivity contribution is 0.565. The second kappa shape index (κ2) is 3.20. The zero-order valence-electron chi connectivity index (χ0n) is 5.11. The first-order valence-electron chi connectivity index (χ1n) is 2.70. The summed E-state index contributed by atoms with van der Waals surface area (Å²) in [6.07, 6.45) is 1.45. The van der Waals surface area contributed by atoms with Gasteiger partial charge in [-0.05, 0) is 12.1 Å². The third-order valence-corrected chi connectivity index (χ3v) is 1.43. The van der Waals surface area contributed by atoms with Crippen LogP contribution in [0.3, 0.4) is 0 Å². The van der Waals surface area contributed by atoms with Crippen molar-refractivity contribution in [2.24, 2.45) is 4.99 Å². The summed E-state index contributed by atoms with van der Waals surface area (Å²) in [4.78, 5) is 13.9. The van der Waals surface area contributed by atoms with Crippen LogP contribution in [0.1, 0.15) is 0 Å². The quantitative estimate of drug-likeness (QED) is 0.371. The van der Waals surface area contributed by atoms with E-state index >= 15 is 0 Å². The lowest BCUT2D eigenvalue weighted by Crippen LogP contribution is -1.65. The minimum atomic E-state index is 0.556. The molecule has 0 radical (unpaired) electrons. The van der Waals surface area contributed by atoms with Crippen molar-refractivity contribution in [3.05, 3.63) is 24.3 Å². The highest BCUT2D eigenvalue weighted by molar-refractivity contribution is 7.80. The summed E-state index contributed by atoms with van der Waals surface area (Å²) in [5.41, 5.74) is 0.556. The Morgan fingerprint density at radius 3 is 2.70 bits per heavy atom. The lowest BCUT2D eigenvalue weighted by atomic mass is 10.3. The second-order valence-corrected chi connectivity index (χ2v) is 2.17. The highest BCUT2D eigenvalue weighted by Gasteiger charge is 1.91. The van der Waals surface area contributed by atoms with Gasteiger partial charge in [0.15, 0.2) is 0 Å². The number of carbonyl (C=O) groups excluding carboxylic acids is 1. The molecule has 0 amide bonds. The van der Waals surface area contributed by atoms with Crippen molar-refractivity contribution in [2.75, 3.05) is 0 Å². The SMILES string of the molecule is O=C=Nc1ccccc1S. The van der Waals surface area contributed by atoms with Gasteiger partial charge in [0.1, 0.15) is 0 Å². The highest BCUT2D eigenvalue weighted by Crippen LogP contribution is 2.20. The average molecular weight is 151 g/mol. The second-order valence-electron chi connectivity index (χ2n) is 1.69. The van der Waals surface area contributed by atoms with Gasteiger partial charge in [-0.1, -0.05) is 12.1 Å². The highest BCUT2D eigenvalue weighted by atomic mass is 32.1. The monoisotopic (exact) mass is 151 g/mol. The molecule has 0 bridgehead atoms. The van der Waals surface area contributed by atoms with Crippen LogP contribution >= 0.6 is 12.6 Å². The van der Waals surface area contributed by atoms with Crippen LogP contribution in [-0.2, 0) is 4.79 Å². The zero-order chi connectivity index (χ0) is 7.40. The van der Waals surface area contributed by atoms with Crippen molar-refractivity contribution < 1.29 is 4.79 Å². The zero-order valence-corrected chi connectivity index (χ0v) is 6.01. The molecule has 1 rings (SSSR count). The fraction of sp³-hybridized carbons (Fsp3) is 0. The van der Waals surface area contributed by atoms with Crippen LogP contribution in [0.4, 0.5) is 5.69 Å². The molecule has 0 heterocycles. The number of thiol groups is 1. The number of nitrogens with zero attached hydrogens (tertiary/aromatic N) is 1. The van der Waals surface area contributed by atoms with Gasteiger partial charge in [-0.2, -0.15) is 4.99 Å². The van der Waals surface area contributed by atoms with Crippen LogP contribution in [0.5, 0.6) is 0 Å². The van der Waals surface area contributed by atoms with Gasteiger partial charge < -0.3 is 0 Å². The molecular weight excluding hydrogens is 146 g/mol. The Hall–Kier alpha value is -1.05. The maximum atomic E-state index is 9.80. The predicted octanol–water partition coefficient (Wildman–Crippen LogP) is 1.94. The maximum absolute atomic E-state index is 9.80. The molecule has 10 heavy (non-hydrogen) atoms. The summed E-state index contributed by atoms with van der Waals surface area (Å²) in [5, 5.41) is 0. The minimum absolute atomic E-state index is 0.556.